The Hall–Kier alpha value is -1.10. The minimum Gasteiger partial charge on any atom is -0.390 e. The van der Waals surface area contributed by atoms with Crippen LogP contribution in [0.3, 0.4) is 0 Å². The summed E-state index contributed by atoms with van der Waals surface area (Å²) in [5.74, 6) is 0. The van der Waals surface area contributed by atoms with Crippen molar-refractivity contribution in [3.05, 3.63) is 55.4 Å². The molecule has 0 aliphatic heterocycles. The quantitative estimate of drug-likeness (QED) is 0.889. The Morgan fingerprint density at radius 1 is 1.33 bits per heavy atom. The van der Waals surface area contributed by atoms with E-state index in [1.807, 2.05) is 12.1 Å². The summed E-state index contributed by atoms with van der Waals surface area (Å²) in [5, 5.41) is 9.51. The lowest BCUT2D eigenvalue weighted by atomic mass is 10.0. The number of hydrogen-bond donors (Lipinski definition) is 2. The minimum absolute atomic E-state index is 0.158. The third kappa shape index (κ3) is 2.36. The first-order valence-electron chi connectivity index (χ1n) is 5.32. The van der Waals surface area contributed by atoms with E-state index in [4.69, 9.17) is 11.6 Å². The topological polar surface area (TPSA) is 53.1 Å². The summed E-state index contributed by atoms with van der Waals surface area (Å²) in [4.78, 5) is 15.1. The second-order valence-corrected chi connectivity index (χ2v) is 5.21. The van der Waals surface area contributed by atoms with E-state index in [0.29, 0.717) is 17.0 Å². The van der Waals surface area contributed by atoms with E-state index >= 15 is 0 Å². The second-order valence-electron chi connectivity index (χ2n) is 3.91. The molecule has 0 atom stereocenters. The smallest absolute Gasteiger partial charge is 0.208 e. The normalized spacial score (nSPS) is 10.7. The van der Waals surface area contributed by atoms with Crippen LogP contribution in [0, 0.1) is 6.92 Å². The summed E-state index contributed by atoms with van der Waals surface area (Å²) < 4.78 is 0.923. The molecule has 1 heterocycles. The molecule has 1 aromatic carbocycles. The van der Waals surface area contributed by atoms with Crippen LogP contribution >= 0.6 is 27.5 Å². The fraction of sp³-hybridized carbons (Fsp3) is 0.154. The van der Waals surface area contributed by atoms with Gasteiger partial charge in [0.2, 0.25) is 5.43 Å². The Morgan fingerprint density at radius 3 is 2.50 bits per heavy atom. The summed E-state index contributed by atoms with van der Waals surface area (Å²) in [6.07, 6.45) is 0. The van der Waals surface area contributed by atoms with Crippen molar-refractivity contribution in [1.29, 1.82) is 0 Å². The maximum absolute atomic E-state index is 12.2. The average Bonchev–Trinajstić information content (AvgIpc) is 2.37. The number of halogens is 2. The highest BCUT2D eigenvalue weighted by molar-refractivity contribution is 9.10. The SMILES string of the molecule is Cc1[nH]c(CO)c(-c2ccc(Br)cc2)c(=O)c1Cl. The van der Waals surface area contributed by atoms with Crippen molar-refractivity contribution in [3.8, 4) is 11.1 Å². The molecule has 2 rings (SSSR count). The third-order valence-corrected chi connectivity index (χ3v) is 3.67. The third-order valence-electron chi connectivity index (χ3n) is 2.69. The highest BCUT2D eigenvalue weighted by Crippen LogP contribution is 2.24. The zero-order chi connectivity index (χ0) is 13.3. The number of hydrogen-bond acceptors (Lipinski definition) is 2. The molecule has 0 spiro atoms. The first-order valence-corrected chi connectivity index (χ1v) is 6.49. The molecule has 2 aromatic rings. The molecule has 0 amide bonds. The van der Waals surface area contributed by atoms with Crippen molar-refractivity contribution in [2.24, 2.45) is 0 Å². The van der Waals surface area contributed by atoms with E-state index < -0.39 is 0 Å². The van der Waals surface area contributed by atoms with Gasteiger partial charge in [-0.2, -0.15) is 0 Å². The summed E-state index contributed by atoms with van der Waals surface area (Å²) in [7, 11) is 0. The van der Waals surface area contributed by atoms with Crippen LogP contribution in [0.5, 0.6) is 0 Å². The van der Waals surface area contributed by atoms with Gasteiger partial charge in [-0.15, -0.1) is 0 Å². The van der Waals surface area contributed by atoms with E-state index in [0.717, 1.165) is 10.0 Å². The Morgan fingerprint density at radius 2 is 1.94 bits per heavy atom. The van der Waals surface area contributed by atoms with Crippen LogP contribution in [0.2, 0.25) is 5.02 Å². The molecule has 0 aliphatic rings. The number of pyridine rings is 1. The van der Waals surface area contributed by atoms with Gasteiger partial charge < -0.3 is 10.1 Å². The number of aromatic amines is 1. The number of rotatable bonds is 2. The van der Waals surface area contributed by atoms with E-state index in [2.05, 4.69) is 20.9 Å². The van der Waals surface area contributed by atoms with Crippen LogP contribution in [0.1, 0.15) is 11.4 Å². The van der Waals surface area contributed by atoms with Gasteiger partial charge >= 0.3 is 0 Å². The number of aliphatic hydroxyl groups excluding tert-OH is 1. The molecule has 2 N–H and O–H groups in total. The molecule has 1 aromatic heterocycles. The number of benzene rings is 1. The van der Waals surface area contributed by atoms with Gasteiger partial charge in [0.15, 0.2) is 0 Å². The lowest BCUT2D eigenvalue weighted by Crippen LogP contribution is -2.13. The van der Waals surface area contributed by atoms with Gasteiger partial charge in [0.1, 0.15) is 5.02 Å². The zero-order valence-corrected chi connectivity index (χ0v) is 12.0. The van der Waals surface area contributed by atoms with Gasteiger partial charge in [-0.3, -0.25) is 4.79 Å². The van der Waals surface area contributed by atoms with E-state index in [1.165, 1.54) is 0 Å². The molecule has 0 radical (unpaired) electrons. The molecule has 3 nitrogen and oxygen atoms in total. The van der Waals surface area contributed by atoms with Gasteiger partial charge in [-0.25, -0.2) is 0 Å². The van der Waals surface area contributed by atoms with Gasteiger partial charge in [0.25, 0.3) is 0 Å². The highest BCUT2D eigenvalue weighted by atomic mass is 79.9. The Kier molecular flexibility index (Phi) is 3.90. The van der Waals surface area contributed by atoms with Crippen LogP contribution in [-0.2, 0) is 6.61 Å². The number of aliphatic hydroxyl groups is 1. The molecule has 94 valence electrons. The molecular weight excluding hydrogens is 318 g/mol. The maximum atomic E-state index is 12.2. The van der Waals surface area contributed by atoms with Crippen LogP contribution in [0.15, 0.2) is 33.5 Å². The fourth-order valence-electron chi connectivity index (χ4n) is 1.80. The lowest BCUT2D eigenvalue weighted by Gasteiger charge is -2.10. The number of H-pyrrole nitrogens is 1. The minimum atomic E-state index is -0.265. The van der Waals surface area contributed by atoms with Crippen molar-refractivity contribution in [1.82, 2.24) is 4.98 Å². The molecule has 18 heavy (non-hydrogen) atoms. The number of aromatic nitrogens is 1. The second kappa shape index (κ2) is 5.26. The first-order chi connectivity index (χ1) is 8.54. The Labute approximate surface area is 118 Å². The molecular formula is C13H11BrClNO2. The molecule has 5 heteroatoms. The fourth-order valence-corrected chi connectivity index (χ4v) is 2.21. The van der Waals surface area contributed by atoms with Crippen LogP contribution in [0.4, 0.5) is 0 Å². The molecule has 0 bridgehead atoms. The molecule has 0 saturated carbocycles. The van der Waals surface area contributed by atoms with Gasteiger partial charge in [0.05, 0.1) is 17.9 Å². The standard InChI is InChI=1S/C13H11BrClNO2/c1-7-12(15)13(18)11(10(6-17)16-7)8-2-4-9(14)5-3-8/h2-5,17H,6H2,1H3,(H,16,18). The van der Waals surface area contributed by atoms with Crippen LogP contribution in [-0.4, -0.2) is 10.1 Å². The molecule has 0 saturated heterocycles. The predicted molar refractivity (Wildman–Crippen MR) is 75.9 cm³/mol. The van der Waals surface area contributed by atoms with Crippen molar-refractivity contribution in [3.63, 3.8) is 0 Å². The summed E-state index contributed by atoms with van der Waals surface area (Å²) in [6.45, 7) is 1.47. The van der Waals surface area contributed by atoms with E-state index in [9.17, 15) is 9.90 Å². The van der Waals surface area contributed by atoms with Crippen molar-refractivity contribution >= 4 is 27.5 Å². The lowest BCUT2D eigenvalue weighted by molar-refractivity contribution is 0.277. The predicted octanol–water partition coefficient (Wildman–Crippen LogP) is 3.26. The highest BCUT2D eigenvalue weighted by Gasteiger charge is 2.14. The van der Waals surface area contributed by atoms with Gasteiger partial charge in [-0.05, 0) is 24.6 Å². The Balaban J connectivity index is 2.74. The number of nitrogens with one attached hydrogen (secondary N) is 1. The van der Waals surface area contributed by atoms with E-state index in [-0.39, 0.29) is 17.1 Å². The molecule has 0 aliphatic carbocycles. The van der Waals surface area contributed by atoms with Crippen LogP contribution < -0.4 is 5.43 Å². The maximum Gasteiger partial charge on any atom is 0.208 e. The summed E-state index contributed by atoms with van der Waals surface area (Å²) in [6, 6.07) is 7.28. The zero-order valence-electron chi connectivity index (χ0n) is 9.63. The van der Waals surface area contributed by atoms with Crippen molar-refractivity contribution < 1.29 is 5.11 Å². The average molecular weight is 329 g/mol. The Bertz CT molecular complexity index is 635. The largest absolute Gasteiger partial charge is 0.390 e. The monoisotopic (exact) mass is 327 g/mol. The summed E-state index contributed by atoms with van der Waals surface area (Å²) in [5.41, 5.74) is 1.92. The first kappa shape index (κ1) is 13.3. The molecule has 0 unspecified atom stereocenters. The number of aryl methyl sites for hydroxylation is 1. The van der Waals surface area contributed by atoms with Gasteiger partial charge in [-0.1, -0.05) is 39.7 Å². The van der Waals surface area contributed by atoms with Crippen LogP contribution in [0.25, 0.3) is 11.1 Å². The van der Waals surface area contributed by atoms with E-state index in [1.54, 1.807) is 19.1 Å². The van der Waals surface area contributed by atoms with Crippen molar-refractivity contribution in [2.45, 2.75) is 13.5 Å². The summed E-state index contributed by atoms with van der Waals surface area (Å²) >= 11 is 9.30. The molecule has 0 fully saturated rings. The van der Waals surface area contributed by atoms with Gasteiger partial charge in [0, 0.05) is 10.2 Å². The van der Waals surface area contributed by atoms with Crippen molar-refractivity contribution in [2.75, 3.05) is 0 Å².